The maximum absolute atomic E-state index is 3.35. The molecule has 0 atom stereocenters. The van der Waals surface area contributed by atoms with Gasteiger partial charge >= 0.3 is 0 Å². The van der Waals surface area contributed by atoms with Gasteiger partial charge in [0, 0.05) is 23.6 Å². The van der Waals surface area contributed by atoms with Crippen LogP contribution in [0, 0.1) is 0 Å². The Hall–Kier alpha value is -1.28. The number of H-pyrrole nitrogens is 1. The molecular formula is C12H16N2. The topological polar surface area (TPSA) is 27.8 Å². The number of hydrogen-bond donors (Lipinski definition) is 2. The van der Waals surface area contributed by atoms with E-state index in [9.17, 15) is 0 Å². The van der Waals surface area contributed by atoms with E-state index < -0.39 is 0 Å². The van der Waals surface area contributed by atoms with E-state index in [1.165, 1.54) is 22.0 Å². The lowest BCUT2D eigenvalue weighted by Gasteiger charge is -2.00. The molecule has 0 radical (unpaired) electrons. The Morgan fingerprint density at radius 1 is 1.29 bits per heavy atom. The van der Waals surface area contributed by atoms with Crippen LogP contribution in [0.4, 0.5) is 0 Å². The molecule has 0 saturated carbocycles. The second-order valence-electron chi connectivity index (χ2n) is 3.54. The van der Waals surface area contributed by atoms with Crippen molar-refractivity contribution in [3.05, 3.63) is 35.5 Å². The summed E-state index contributed by atoms with van der Waals surface area (Å²) in [5.74, 6) is 0. The molecule has 1 aromatic carbocycles. The van der Waals surface area contributed by atoms with Gasteiger partial charge in [-0.2, -0.15) is 0 Å². The molecule has 0 aliphatic heterocycles. The number of nitrogens with one attached hydrogen (secondary N) is 2. The highest BCUT2D eigenvalue weighted by Gasteiger charge is 2.04. The Morgan fingerprint density at radius 2 is 2.14 bits per heavy atom. The summed E-state index contributed by atoms with van der Waals surface area (Å²) in [4.78, 5) is 3.35. The number of aryl methyl sites for hydroxylation is 1. The lowest BCUT2D eigenvalue weighted by molar-refractivity contribution is 0.823. The van der Waals surface area contributed by atoms with E-state index in [0.29, 0.717) is 0 Å². The third-order valence-electron chi connectivity index (χ3n) is 2.64. The van der Waals surface area contributed by atoms with Crippen molar-refractivity contribution in [1.29, 1.82) is 0 Å². The van der Waals surface area contributed by atoms with Crippen molar-refractivity contribution in [3.63, 3.8) is 0 Å². The Kier molecular flexibility index (Phi) is 2.55. The minimum absolute atomic E-state index is 0.924. The van der Waals surface area contributed by atoms with E-state index in [4.69, 9.17) is 0 Å². The summed E-state index contributed by atoms with van der Waals surface area (Å²) < 4.78 is 0. The Morgan fingerprint density at radius 3 is 2.86 bits per heavy atom. The predicted molar refractivity (Wildman–Crippen MR) is 60.4 cm³/mol. The first-order valence-corrected chi connectivity index (χ1v) is 5.09. The van der Waals surface area contributed by atoms with Gasteiger partial charge in [0.15, 0.2) is 0 Å². The number of fused-ring (bicyclic) bond motifs is 1. The van der Waals surface area contributed by atoms with Gasteiger partial charge in [-0.05, 0) is 24.6 Å². The van der Waals surface area contributed by atoms with Crippen LogP contribution in [-0.2, 0) is 13.0 Å². The number of benzene rings is 1. The summed E-state index contributed by atoms with van der Waals surface area (Å²) in [7, 11) is 1.97. The van der Waals surface area contributed by atoms with Crippen LogP contribution >= 0.6 is 0 Å². The molecule has 2 N–H and O–H groups in total. The molecule has 74 valence electrons. The highest BCUT2D eigenvalue weighted by molar-refractivity contribution is 5.86. The smallest absolute Gasteiger partial charge is 0.0489 e. The summed E-state index contributed by atoms with van der Waals surface area (Å²) in [5.41, 5.74) is 4.03. The molecule has 0 aliphatic carbocycles. The van der Waals surface area contributed by atoms with Crippen LogP contribution in [0.3, 0.4) is 0 Å². The Labute approximate surface area is 84.3 Å². The lowest BCUT2D eigenvalue weighted by Crippen LogP contribution is -2.03. The van der Waals surface area contributed by atoms with E-state index in [1.807, 2.05) is 7.05 Å². The quantitative estimate of drug-likeness (QED) is 0.760. The molecule has 14 heavy (non-hydrogen) atoms. The number of rotatable bonds is 3. The molecule has 2 nitrogen and oxygen atoms in total. The molecule has 0 spiro atoms. The van der Waals surface area contributed by atoms with E-state index in [2.05, 4.69) is 41.6 Å². The Bertz CT molecular complexity index is 429. The molecule has 0 saturated heterocycles. The molecule has 0 amide bonds. The molecule has 2 rings (SSSR count). The van der Waals surface area contributed by atoms with Crippen LogP contribution < -0.4 is 5.32 Å². The molecule has 2 heteroatoms. The van der Waals surface area contributed by atoms with Gasteiger partial charge in [-0.1, -0.05) is 25.1 Å². The molecule has 2 aromatic rings. The van der Waals surface area contributed by atoms with Crippen molar-refractivity contribution in [1.82, 2.24) is 10.3 Å². The average Bonchev–Trinajstić information content (AvgIpc) is 2.62. The van der Waals surface area contributed by atoms with Gasteiger partial charge in [-0.15, -0.1) is 0 Å². The molecular weight excluding hydrogens is 172 g/mol. The zero-order chi connectivity index (χ0) is 9.97. The van der Waals surface area contributed by atoms with Crippen molar-refractivity contribution in [2.75, 3.05) is 7.05 Å². The largest absolute Gasteiger partial charge is 0.361 e. The molecule has 0 bridgehead atoms. The van der Waals surface area contributed by atoms with Gasteiger partial charge in [-0.3, -0.25) is 0 Å². The number of aromatic nitrogens is 1. The SMILES string of the molecule is CCc1cccc2c(CNC)c[nH]c12. The molecule has 1 heterocycles. The minimum atomic E-state index is 0.924. The zero-order valence-corrected chi connectivity index (χ0v) is 8.72. The van der Waals surface area contributed by atoms with Crippen LogP contribution in [0.15, 0.2) is 24.4 Å². The fourth-order valence-corrected chi connectivity index (χ4v) is 1.91. The average molecular weight is 188 g/mol. The number of para-hydroxylation sites is 1. The second-order valence-corrected chi connectivity index (χ2v) is 3.54. The van der Waals surface area contributed by atoms with Gasteiger partial charge in [0.05, 0.1) is 0 Å². The molecule has 0 fully saturated rings. The lowest BCUT2D eigenvalue weighted by atomic mass is 10.1. The van der Waals surface area contributed by atoms with Crippen molar-refractivity contribution in [2.45, 2.75) is 19.9 Å². The van der Waals surface area contributed by atoms with Gasteiger partial charge in [0.1, 0.15) is 0 Å². The zero-order valence-electron chi connectivity index (χ0n) is 8.72. The van der Waals surface area contributed by atoms with Crippen LogP contribution in [0.2, 0.25) is 0 Å². The van der Waals surface area contributed by atoms with Gasteiger partial charge in [-0.25, -0.2) is 0 Å². The van der Waals surface area contributed by atoms with Crippen LogP contribution in [0.5, 0.6) is 0 Å². The molecule has 0 unspecified atom stereocenters. The number of aromatic amines is 1. The van der Waals surface area contributed by atoms with E-state index >= 15 is 0 Å². The summed E-state index contributed by atoms with van der Waals surface area (Å²) in [6, 6.07) is 6.49. The monoisotopic (exact) mass is 188 g/mol. The fraction of sp³-hybridized carbons (Fsp3) is 0.333. The highest BCUT2D eigenvalue weighted by Crippen LogP contribution is 2.21. The van der Waals surface area contributed by atoms with Crippen molar-refractivity contribution < 1.29 is 0 Å². The summed E-state index contributed by atoms with van der Waals surface area (Å²) in [6.45, 7) is 3.11. The summed E-state index contributed by atoms with van der Waals surface area (Å²) in [5, 5.41) is 4.53. The van der Waals surface area contributed by atoms with Crippen molar-refractivity contribution in [2.24, 2.45) is 0 Å². The second kappa shape index (κ2) is 3.84. The van der Waals surface area contributed by atoms with E-state index in [0.717, 1.165) is 13.0 Å². The first-order valence-electron chi connectivity index (χ1n) is 5.09. The maximum atomic E-state index is 3.35. The van der Waals surface area contributed by atoms with Crippen molar-refractivity contribution in [3.8, 4) is 0 Å². The van der Waals surface area contributed by atoms with Gasteiger partial charge in [0.2, 0.25) is 0 Å². The maximum Gasteiger partial charge on any atom is 0.0489 e. The van der Waals surface area contributed by atoms with E-state index in [-0.39, 0.29) is 0 Å². The van der Waals surface area contributed by atoms with E-state index in [1.54, 1.807) is 0 Å². The third-order valence-corrected chi connectivity index (χ3v) is 2.64. The summed E-state index contributed by atoms with van der Waals surface area (Å²) >= 11 is 0. The predicted octanol–water partition coefficient (Wildman–Crippen LogP) is 2.45. The number of hydrogen-bond acceptors (Lipinski definition) is 1. The van der Waals surface area contributed by atoms with Crippen LogP contribution in [-0.4, -0.2) is 12.0 Å². The van der Waals surface area contributed by atoms with Crippen LogP contribution in [0.1, 0.15) is 18.1 Å². The standard InChI is InChI=1S/C12H16N2/c1-3-9-5-4-6-11-10(7-13-2)8-14-12(9)11/h4-6,8,13-14H,3,7H2,1-2H3. The first kappa shape index (κ1) is 9.28. The Balaban J connectivity index is 2.57. The minimum Gasteiger partial charge on any atom is -0.361 e. The fourth-order valence-electron chi connectivity index (χ4n) is 1.91. The first-order chi connectivity index (χ1) is 6.86. The third kappa shape index (κ3) is 1.42. The summed E-state index contributed by atoms with van der Waals surface area (Å²) in [6.07, 6.45) is 3.18. The molecule has 1 aromatic heterocycles. The van der Waals surface area contributed by atoms with Gasteiger partial charge < -0.3 is 10.3 Å². The molecule has 0 aliphatic rings. The van der Waals surface area contributed by atoms with Crippen LogP contribution in [0.25, 0.3) is 10.9 Å². The normalized spacial score (nSPS) is 11.0. The van der Waals surface area contributed by atoms with Crippen molar-refractivity contribution >= 4 is 10.9 Å². The van der Waals surface area contributed by atoms with Gasteiger partial charge in [0.25, 0.3) is 0 Å². The highest BCUT2D eigenvalue weighted by atomic mass is 14.8.